The number of carbonyl (C=O) groups excluding carboxylic acids is 1. The molecule has 0 aliphatic carbocycles. The van der Waals surface area contributed by atoms with E-state index in [1.54, 1.807) is 49.7 Å². The molecule has 1 aromatic heterocycles. The number of carbonyl (C=O) groups is 1. The summed E-state index contributed by atoms with van der Waals surface area (Å²) in [5.41, 5.74) is 8.92. The molecule has 0 fully saturated rings. The van der Waals surface area contributed by atoms with Crippen LogP contribution in [0.1, 0.15) is 36.5 Å². The molecule has 1 heterocycles. The van der Waals surface area contributed by atoms with Crippen molar-refractivity contribution < 1.29 is 14.3 Å². The first-order chi connectivity index (χ1) is 17.3. The highest BCUT2D eigenvalue weighted by atomic mass is 16.5. The van der Waals surface area contributed by atoms with Gasteiger partial charge in [0.15, 0.2) is 12.4 Å². The number of hydrogen-bond acceptors (Lipinski definition) is 6. The lowest BCUT2D eigenvalue weighted by molar-refractivity contribution is -0.119. The Hall–Kier alpha value is -4.46. The van der Waals surface area contributed by atoms with E-state index in [0.29, 0.717) is 22.5 Å². The number of methoxy groups -OCH3 is 1. The second-order valence-electron chi connectivity index (χ2n) is 8.70. The summed E-state index contributed by atoms with van der Waals surface area (Å²) in [5, 5.41) is 5.01. The summed E-state index contributed by atoms with van der Waals surface area (Å²) in [4.78, 5) is 29.3. The van der Waals surface area contributed by atoms with Gasteiger partial charge >= 0.3 is 0 Å². The number of fused-ring (bicyclic) bond motifs is 1. The van der Waals surface area contributed by atoms with Crippen LogP contribution in [0.5, 0.6) is 11.5 Å². The molecule has 8 heteroatoms. The van der Waals surface area contributed by atoms with E-state index in [1.165, 1.54) is 4.68 Å². The zero-order valence-corrected chi connectivity index (χ0v) is 20.7. The van der Waals surface area contributed by atoms with E-state index in [4.69, 9.17) is 20.2 Å². The molecule has 0 aliphatic heterocycles. The monoisotopic (exact) mass is 484 g/mol. The lowest BCUT2D eigenvalue weighted by Crippen LogP contribution is -2.21. The van der Waals surface area contributed by atoms with Crippen molar-refractivity contribution in [3.05, 3.63) is 87.7 Å². The highest BCUT2D eigenvalue weighted by molar-refractivity contribution is 5.82. The predicted molar refractivity (Wildman–Crippen MR) is 141 cm³/mol. The van der Waals surface area contributed by atoms with E-state index >= 15 is 0 Å². The van der Waals surface area contributed by atoms with Crippen molar-refractivity contribution in [3.63, 3.8) is 0 Å². The average molecular weight is 485 g/mol. The molecule has 1 amide bonds. The first-order valence-corrected chi connectivity index (χ1v) is 11.5. The van der Waals surface area contributed by atoms with E-state index < -0.39 is 5.91 Å². The third kappa shape index (κ3) is 5.12. The topological polar surface area (TPSA) is 109 Å². The Morgan fingerprint density at radius 2 is 1.86 bits per heavy atom. The molecule has 8 nitrogen and oxygen atoms in total. The van der Waals surface area contributed by atoms with Crippen LogP contribution in [0.3, 0.4) is 0 Å². The Labute approximate surface area is 209 Å². The second-order valence-corrected chi connectivity index (χ2v) is 8.70. The molecule has 0 saturated carbocycles. The summed E-state index contributed by atoms with van der Waals surface area (Å²) in [6.07, 6.45) is 1.58. The van der Waals surface area contributed by atoms with Gasteiger partial charge in [-0.1, -0.05) is 26.0 Å². The van der Waals surface area contributed by atoms with Crippen molar-refractivity contribution in [2.45, 2.75) is 26.7 Å². The minimum absolute atomic E-state index is 0.200. The van der Waals surface area contributed by atoms with Crippen molar-refractivity contribution in [2.24, 2.45) is 10.8 Å². The zero-order valence-electron chi connectivity index (χ0n) is 20.7. The van der Waals surface area contributed by atoms with Crippen molar-refractivity contribution in [1.82, 2.24) is 9.66 Å². The third-order valence-electron chi connectivity index (χ3n) is 5.78. The maximum Gasteiger partial charge on any atom is 0.282 e. The number of nitrogens with zero attached hydrogens (tertiary/aromatic N) is 3. The second kappa shape index (κ2) is 10.4. The number of aromatic nitrogens is 2. The predicted octanol–water partition coefficient (Wildman–Crippen LogP) is 4.25. The summed E-state index contributed by atoms with van der Waals surface area (Å²) >= 11 is 0. The van der Waals surface area contributed by atoms with Gasteiger partial charge in [0, 0.05) is 5.56 Å². The zero-order chi connectivity index (χ0) is 25.8. The fourth-order valence-corrected chi connectivity index (χ4v) is 3.90. The smallest absolute Gasteiger partial charge is 0.282 e. The highest BCUT2D eigenvalue weighted by Crippen LogP contribution is 2.34. The van der Waals surface area contributed by atoms with Gasteiger partial charge in [0.1, 0.15) is 11.5 Å². The van der Waals surface area contributed by atoms with Crippen LogP contribution in [-0.4, -0.2) is 35.5 Å². The molecule has 36 heavy (non-hydrogen) atoms. The van der Waals surface area contributed by atoms with E-state index in [2.05, 4.69) is 18.9 Å². The molecular weight excluding hydrogens is 456 g/mol. The molecule has 4 rings (SSSR count). The Kier molecular flexibility index (Phi) is 7.15. The summed E-state index contributed by atoms with van der Waals surface area (Å²) < 4.78 is 12.2. The maximum atomic E-state index is 13.5. The molecule has 0 spiro atoms. The molecule has 0 radical (unpaired) electrons. The van der Waals surface area contributed by atoms with Crippen LogP contribution in [0, 0.1) is 6.92 Å². The van der Waals surface area contributed by atoms with Gasteiger partial charge in [0.25, 0.3) is 11.5 Å². The van der Waals surface area contributed by atoms with E-state index in [0.717, 1.165) is 28.0 Å². The van der Waals surface area contributed by atoms with Crippen molar-refractivity contribution in [2.75, 3.05) is 13.7 Å². The van der Waals surface area contributed by atoms with Gasteiger partial charge in [-0.2, -0.15) is 9.78 Å². The summed E-state index contributed by atoms with van der Waals surface area (Å²) in [6.45, 7) is 5.94. The van der Waals surface area contributed by atoms with Gasteiger partial charge < -0.3 is 15.2 Å². The van der Waals surface area contributed by atoms with Crippen molar-refractivity contribution >= 4 is 23.0 Å². The number of rotatable bonds is 8. The van der Waals surface area contributed by atoms with Crippen molar-refractivity contribution in [3.8, 4) is 22.9 Å². The SMILES string of the molecule is COc1cc(C)c(-c2nc3ccccc3c(=O)n2N=Cc2ccc(OCC(N)=O)cc2)cc1C(C)C. The number of aryl methyl sites for hydroxylation is 1. The Morgan fingerprint density at radius 3 is 2.53 bits per heavy atom. The number of ether oxygens (including phenoxy) is 2. The Morgan fingerprint density at radius 1 is 1.14 bits per heavy atom. The molecule has 0 atom stereocenters. The van der Waals surface area contributed by atoms with Crippen LogP contribution in [-0.2, 0) is 4.79 Å². The molecule has 4 aromatic rings. The molecule has 0 aliphatic rings. The Bertz CT molecular complexity index is 1510. The van der Waals surface area contributed by atoms with Gasteiger partial charge in [-0.05, 0) is 78.1 Å². The van der Waals surface area contributed by atoms with Crippen molar-refractivity contribution in [1.29, 1.82) is 0 Å². The highest BCUT2D eigenvalue weighted by Gasteiger charge is 2.18. The largest absolute Gasteiger partial charge is 0.496 e. The molecule has 0 saturated heterocycles. The normalized spacial score (nSPS) is 11.4. The van der Waals surface area contributed by atoms with Crippen LogP contribution in [0.25, 0.3) is 22.3 Å². The molecule has 2 N–H and O–H groups in total. The number of primary amides is 1. The minimum atomic E-state index is -0.550. The first kappa shape index (κ1) is 24.7. The summed E-state index contributed by atoms with van der Waals surface area (Å²) in [7, 11) is 1.65. The molecule has 0 bridgehead atoms. The van der Waals surface area contributed by atoms with Gasteiger partial charge in [-0.3, -0.25) is 9.59 Å². The number of amides is 1. The quantitative estimate of drug-likeness (QED) is 0.376. The number of nitrogens with two attached hydrogens (primary N) is 1. The van der Waals surface area contributed by atoms with E-state index in [-0.39, 0.29) is 18.1 Å². The molecule has 184 valence electrons. The summed E-state index contributed by atoms with van der Waals surface area (Å²) in [6, 6.07) is 18.2. The fourth-order valence-electron chi connectivity index (χ4n) is 3.90. The third-order valence-corrected chi connectivity index (χ3v) is 5.78. The van der Waals surface area contributed by atoms with Crippen LogP contribution in [0.2, 0.25) is 0 Å². The minimum Gasteiger partial charge on any atom is -0.496 e. The number of hydrogen-bond donors (Lipinski definition) is 1. The maximum absolute atomic E-state index is 13.5. The van der Waals surface area contributed by atoms with Gasteiger partial charge in [-0.25, -0.2) is 4.98 Å². The van der Waals surface area contributed by atoms with Crippen LogP contribution < -0.4 is 20.8 Å². The average Bonchev–Trinajstić information content (AvgIpc) is 2.87. The first-order valence-electron chi connectivity index (χ1n) is 11.5. The van der Waals surface area contributed by atoms with E-state index in [9.17, 15) is 9.59 Å². The molecule has 3 aromatic carbocycles. The van der Waals surface area contributed by atoms with Crippen LogP contribution >= 0.6 is 0 Å². The van der Waals surface area contributed by atoms with Gasteiger partial charge in [0.05, 0.1) is 24.2 Å². The van der Waals surface area contributed by atoms with Gasteiger partial charge in [0.2, 0.25) is 0 Å². The van der Waals surface area contributed by atoms with E-state index in [1.807, 2.05) is 31.2 Å². The lowest BCUT2D eigenvalue weighted by Gasteiger charge is -2.17. The lowest BCUT2D eigenvalue weighted by atomic mass is 9.96. The number of benzene rings is 3. The Balaban J connectivity index is 1.84. The van der Waals surface area contributed by atoms with Crippen LogP contribution in [0.4, 0.5) is 0 Å². The van der Waals surface area contributed by atoms with Crippen LogP contribution in [0.15, 0.2) is 70.6 Å². The number of para-hydroxylation sites is 1. The van der Waals surface area contributed by atoms with Gasteiger partial charge in [-0.15, -0.1) is 0 Å². The standard InChI is InChI=1S/C28H28N4O4/c1-17(2)22-14-23(18(3)13-25(22)35-4)27-31-24-8-6-5-7-21(24)28(34)32(27)30-15-19-9-11-20(12-10-19)36-16-26(29)33/h5-15,17H,16H2,1-4H3,(H2,29,33). The molecule has 0 unspecified atom stereocenters. The fraction of sp³-hybridized carbons (Fsp3) is 0.214. The molecular formula is C28H28N4O4. The summed E-state index contributed by atoms with van der Waals surface area (Å²) in [5.74, 6) is 1.40.